The Morgan fingerprint density at radius 1 is 1.40 bits per heavy atom. The normalized spacial score (nSPS) is 9.70. The van der Waals surface area contributed by atoms with E-state index in [1.165, 1.54) is 12.5 Å². The van der Waals surface area contributed by atoms with Crippen molar-refractivity contribution >= 4 is 11.6 Å². The first-order valence-electron chi connectivity index (χ1n) is 6.24. The van der Waals surface area contributed by atoms with Crippen molar-refractivity contribution in [3.8, 4) is 11.8 Å². The van der Waals surface area contributed by atoms with Crippen LogP contribution in [0.2, 0.25) is 0 Å². The van der Waals surface area contributed by atoms with Crippen LogP contribution in [0.15, 0.2) is 41.2 Å². The number of hydrogen-bond acceptors (Lipinski definition) is 3. The van der Waals surface area contributed by atoms with Gasteiger partial charge in [-0.15, -0.1) is 0 Å². The first-order chi connectivity index (χ1) is 9.69. The largest absolute Gasteiger partial charge is 0.472 e. The van der Waals surface area contributed by atoms with Gasteiger partial charge in [0, 0.05) is 17.7 Å². The van der Waals surface area contributed by atoms with Crippen molar-refractivity contribution in [3.63, 3.8) is 0 Å². The van der Waals surface area contributed by atoms with Crippen LogP contribution in [0.5, 0.6) is 0 Å². The van der Waals surface area contributed by atoms with Crippen molar-refractivity contribution in [2.75, 3.05) is 11.9 Å². The van der Waals surface area contributed by atoms with E-state index in [0.29, 0.717) is 17.7 Å². The molecule has 0 saturated heterocycles. The van der Waals surface area contributed by atoms with E-state index in [0.717, 1.165) is 11.1 Å². The fraction of sp³-hybridized carbons (Fsp3) is 0.188. The number of amides is 1. The highest BCUT2D eigenvalue weighted by molar-refractivity contribution is 6.04. The quantitative estimate of drug-likeness (QED) is 0.842. The number of furan rings is 1. The average molecular weight is 269 g/mol. The van der Waals surface area contributed by atoms with Crippen molar-refractivity contribution in [1.29, 1.82) is 0 Å². The molecule has 102 valence electrons. The van der Waals surface area contributed by atoms with Crippen LogP contribution in [0.4, 0.5) is 5.69 Å². The molecule has 0 saturated carbocycles. The zero-order valence-electron chi connectivity index (χ0n) is 11.1. The Morgan fingerprint density at radius 2 is 2.25 bits per heavy atom. The predicted molar refractivity (Wildman–Crippen MR) is 76.4 cm³/mol. The molecule has 2 aromatic rings. The average Bonchev–Trinajstić information content (AvgIpc) is 2.92. The minimum absolute atomic E-state index is 0.0445. The Kier molecular flexibility index (Phi) is 4.59. The van der Waals surface area contributed by atoms with Crippen LogP contribution in [0.25, 0.3) is 0 Å². The van der Waals surface area contributed by atoms with Crippen molar-refractivity contribution in [3.05, 3.63) is 53.5 Å². The van der Waals surface area contributed by atoms with E-state index in [-0.39, 0.29) is 12.5 Å². The summed E-state index contributed by atoms with van der Waals surface area (Å²) >= 11 is 0. The second kappa shape index (κ2) is 6.60. The van der Waals surface area contributed by atoms with Gasteiger partial charge in [-0.05, 0) is 36.8 Å². The van der Waals surface area contributed by atoms with Gasteiger partial charge < -0.3 is 14.8 Å². The van der Waals surface area contributed by atoms with Gasteiger partial charge in [-0.3, -0.25) is 4.79 Å². The second-order valence-corrected chi connectivity index (χ2v) is 4.33. The number of anilines is 1. The highest BCUT2D eigenvalue weighted by Gasteiger charge is 2.07. The van der Waals surface area contributed by atoms with Gasteiger partial charge in [0.05, 0.1) is 18.4 Å². The van der Waals surface area contributed by atoms with Crippen LogP contribution in [0.1, 0.15) is 27.9 Å². The molecule has 20 heavy (non-hydrogen) atoms. The second-order valence-electron chi connectivity index (χ2n) is 4.33. The van der Waals surface area contributed by atoms with E-state index in [1.807, 2.05) is 19.1 Å². The predicted octanol–water partition coefficient (Wildman–Crippen LogP) is 2.57. The number of carbonyl (C=O) groups is 1. The van der Waals surface area contributed by atoms with Crippen molar-refractivity contribution in [1.82, 2.24) is 0 Å². The summed E-state index contributed by atoms with van der Waals surface area (Å²) in [5.74, 6) is 5.59. The third-order valence-electron chi connectivity index (χ3n) is 2.59. The van der Waals surface area contributed by atoms with Crippen LogP contribution in [0.3, 0.4) is 0 Å². The number of hydrogen-bond donors (Lipinski definition) is 2. The molecule has 4 heteroatoms. The molecule has 0 aliphatic carbocycles. The summed E-state index contributed by atoms with van der Waals surface area (Å²) in [5.41, 5.74) is 2.97. The number of aliphatic hydroxyl groups excluding tert-OH is 1. The summed E-state index contributed by atoms with van der Waals surface area (Å²) in [6, 6.07) is 7.20. The standard InChI is InChI=1S/C16H15NO3/c1-12-8-13(4-2-3-6-18)10-15(9-12)17-16(19)14-5-7-20-11-14/h5,7-11,18H,3,6H2,1H3,(H,17,19). The molecular weight excluding hydrogens is 254 g/mol. The molecule has 0 atom stereocenters. The lowest BCUT2D eigenvalue weighted by Gasteiger charge is -2.05. The smallest absolute Gasteiger partial charge is 0.258 e. The molecule has 1 heterocycles. The third kappa shape index (κ3) is 3.74. The van der Waals surface area contributed by atoms with Gasteiger partial charge in [0.2, 0.25) is 0 Å². The van der Waals surface area contributed by atoms with Crippen molar-refractivity contribution < 1.29 is 14.3 Å². The fourth-order valence-electron chi connectivity index (χ4n) is 1.74. The minimum atomic E-state index is -0.224. The zero-order valence-corrected chi connectivity index (χ0v) is 11.1. The third-order valence-corrected chi connectivity index (χ3v) is 2.59. The monoisotopic (exact) mass is 269 g/mol. The van der Waals surface area contributed by atoms with Gasteiger partial charge in [0.15, 0.2) is 0 Å². The van der Waals surface area contributed by atoms with E-state index in [9.17, 15) is 4.79 Å². The van der Waals surface area contributed by atoms with Crippen LogP contribution >= 0.6 is 0 Å². The molecule has 1 aromatic heterocycles. The number of rotatable bonds is 3. The number of aryl methyl sites for hydroxylation is 1. The lowest BCUT2D eigenvalue weighted by atomic mass is 10.1. The van der Waals surface area contributed by atoms with Gasteiger partial charge in [-0.1, -0.05) is 11.8 Å². The van der Waals surface area contributed by atoms with E-state index >= 15 is 0 Å². The summed E-state index contributed by atoms with van der Waals surface area (Å²) in [6.45, 7) is 1.98. The molecule has 0 aliphatic rings. The van der Waals surface area contributed by atoms with E-state index in [2.05, 4.69) is 17.2 Å². The molecule has 0 fully saturated rings. The van der Waals surface area contributed by atoms with E-state index in [1.54, 1.807) is 12.1 Å². The maximum absolute atomic E-state index is 11.9. The van der Waals surface area contributed by atoms with Crippen molar-refractivity contribution in [2.24, 2.45) is 0 Å². The van der Waals surface area contributed by atoms with E-state index in [4.69, 9.17) is 9.52 Å². The molecule has 0 aliphatic heterocycles. The molecule has 0 radical (unpaired) electrons. The van der Waals surface area contributed by atoms with Crippen LogP contribution in [-0.4, -0.2) is 17.6 Å². The summed E-state index contributed by atoms with van der Waals surface area (Å²) in [4.78, 5) is 11.9. The Morgan fingerprint density at radius 3 is 2.95 bits per heavy atom. The summed E-state index contributed by atoms with van der Waals surface area (Å²) < 4.78 is 4.88. The minimum Gasteiger partial charge on any atom is -0.472 e. The van der Waals surface area contributed by atoms with Crippen LogP contribution < -0.4 is 5.32 Å². The first kappa shape index (κ1) is 13.9. The topological polar surface area (TPSA) is 62.5 Å². The molecular formula is C16H15NO3. The number of benzene rings is 1. The van der Waals surface area contributed by atoms with Gasteiger partial charge in [-0.2, -0.15) is 0 Å². The Bertz CT molecular complexity index is 648. The van der Waals surface area contributed by atoms with E-state index < -0.39 is 0 Å². The Labute approximate surface area is 117 Å². The van der Waals surface area contributed by atoms with Gasteiger partial charge >= 0.3 is 0 Å². The lowest BCUT2D eigenvalue weighted by Crippen LogP contribution is -2.11. The molecule has 1 amide bonds. The molecule has 2 rings (SSSR count). The van der Waals surface area contributed by atoms with Crippen molar-refractivity contribution in [2.45, 2.75) is 13.3 Å². The molecule has 1 aromatic carbocycles. The van der Waals surface area contributed by atoms with Gasteiger partial charge in [0.25, 0.3) is 5.91 Å². The number of carbonyl (C=O) groups excluding carboxylic acids is 1. The molecule has 0 spiro atoms. The summed E-state index contributed by atoms with van der Waals surface area (Å²) in [5, 5.41) is 11.5. The maximum atomic E-state index is 11.9. The van der Waals surface area contributed by atoms with Crippen LogP contribution in [-0.2, 0) is 0 Å². The fourth-order valence-corrected chi connectivity index (χ4v) is 1.74. The summed E-state index contributed by atoms with van der Waals surface area (Å²) in [7, 11) is 0. The van der Waals surface area contributed by atoms with Crippen LogP contribution in [0, 0.1) is 18.8 Å². The van der Waals surface area contributed by atoms with Gasteiger partial charge in [-0.25, -0.2) is 0 Å². The zero-order chi connectivity index (χ0) is 14.4. The number of aliphatic hydroxyl groups is 1. The maximum Gasteiger partial charge on any atom is 0.258 e. The Balaban J connectivity index is 2.16. The summed E-state index contributed by atoms with van der Waals surface area (Å²) in [6.07, 6.45) is 3.29. The highest BCUT2D eigenvalue weighted by atomic mass is 16.3. The molecule has 2 N–H and O–H groups in total. The molecule has 0 unspecified atom stereocenters. The van der Waals surface area contributed by atoms with Gasteiger partial charge in [0.1, 0.15) is 6.26 Å². The SMILES string of the molecule is Cc1cc(C#CCCO)cc(NC(=O)c2ccoc2)c1. The first-order valence-corrected chi connectivity index (χ1v) is 6.24. The Hall–Kier alpha value is -2.51. The number of nitrogens with one attached hydrogen (secondary N) is 1. The lowest BCUT2D eigenvalue weighted by molar-refractivity contribution is 0.102. The highest BCUT2D eigenvalue weighted by Crippen LogP contribution is 2.15. The molecule has 0 bridgehead atoms. The molecule has 4 nitrogen and oxygen atoms in total.